The number of rotatable bonds is 5. The number of carbonyl (C=O) groups is 1. The first-order valence-electron chi connectivity index (χ1n) is 8.04. The number of nitrogens with one attached hydrogen (secondary N) is 1. The van der Waals surface area contributed by atoms with Crippen LogP contribution in [0.3, 0.4) is 0 Å². The fourth-order valence-corrected chi connectivity index (χ4v) is 3.34. The van der Waals surface area contributed by atoms with Gasteiger partial charge in [-0.3, -0.25) is 9.69 Å². The van der Waals surface area contributed by atoms with E-state index in [1.54, 1.807) is 18.2 Å². The Kier molecular flexibility index (Phi) is 6.32. The fraction of sp³-hybridized carbons (Fsp3) is 0.588. The van der Waals surface area contributed by atoms with Crippen LogP contribution in [0.1, 0.15) is 31.1 Å². The molecule has 2 rings (SSSR count). The molecule has 128 valence electrons. The number of hydrogen-bond acceptors (Lipinski definition) is 3. The highest BCUT2D eigenvalue weighted by atomic mass is 35.5. The van der Waals surface area contributed by atoms with Crippen molar-refractivity contribution in [2.75, 3.05) is 39.3 Å². The number of hydrogen-bond donors (Lipinski definition) is 1. The van der Waals surface area contributed by atoms with Crippen LogP contribution >= 0.6 is 23.2 Å². The average molecular weight is 358 g/mol. The highest BCUT2D eigenvalue weighted by molar-refractivity contribution is 6.36. The number of nitrogens with zero attached hydrogens (tertiary/aromatic N) is 2. The lowest BCUT2D eigenvalue weighted by Crippen LogP contribution is -2.58. The number of benzene rings is 1. The summed E-state index contributed by atoms with van der Waals surface area (Å²) in [6, 6.07) is 4.93. The summed E-state index contributed by atoms with van der Waals surface area (Å²) >= 11 is 12.0. The van der Waals surface area contributed by atoms with Crippen LogP contribution in [0.2, 0.25) is 10.0 Å². The highest BCUT2D eigenvalue weighted by Gasteiger charge is 2.30. The van der Waals surface area contributed by atoms with Gasteiger partial charge < -0.3 is 10.2 Å². The number of halogens is 2. The summed E-state index contributed by atoms with van der Waals surface area (Å²) < 4.78 is 0. The van der Waals surface area contributed by atoms with E-state index in [1.165, 1.54) is 0 Å². The Morgan fingerprint density at radius 3 is 2.43 bits per heavy atom. The average Bonchev–Trinajstić information content (AvgIpc) is 2.53. The van der Waals surface area contributed by atoms with E-state index in [4.69, 9.17) is 23.2 Å². The van der Waals surface area contributed by atoms with Crippen LogP contribution in [-0.4, -0.2) is 60.5 Å². The molecule has 6 heteroatoms. The molecule has 0 saturated carbocycles. The second kappa shape index (κ2) is 7.84. The maximum Gasteiger partial charge on any atom is 0.252 e. The summed E-state index contributed by atoms with van der Waals surface area (Å²) in [6.07, 6.45) is 0. The molecule has 1 aromatic rings. The Labute approximate surface area is 148 Å². The third-order valence-corrected chi connectivity index (χ3v) is 5.08. The van der Waals surface area contributed by atoms with Gasteiger partial charge in [-0.2, -0.15) is 0 Å². The molecule has 1 N–H and O–H groups in total. The van der Waals surface area contributed by atoms with Gasteiger partial charge in [0.1, 0.15) is 0 Å². The molecular weight excluding hydrogens is 333 g/mol. The van der Waals surface area contributed by atoms with Crippen molar-refractivity contribution < 1.29 is 4.79 Å². The van der Waals surface area contributed by atoms with Crippen LogP contribution in [-0.2, 0) is 0 Å². The van der Waals surface area contributed by atoms with Gasteiger partial charge >= 0.3 is 0 Å². The molecule has 0 spiro atoms. The van der Waals surface area contributed by atoms with Gasteiger partial charge in [0, 0.05) is 43.3 Å². The van der Waals surface area contributed by atoms with Crippen LogP contribution in [0.5, 0.6) is 0 Å². The molecule has 1 aliphatic heterocycles. The molecule has 0 bridgehead atoms. The fourth-order valence-electron chi connectivity index (χ4n) is 2.85. The van der Waals surface area contributed by atoms with Crippen molar-refractivity contribution in [1.82, 2.24) is 15.1 Å². The first kappa shape index (κ1) is 18.5. The Balaban J connectivity index is 1.92. The molecule has 0 aromatic heterocycles. The van der Waals surface area contributed by atoms with Crippen molar-refractivity contribution in [3.05, 3.63) is 33.8 Å². The molecule has 0 radical (unpaired) electrons. The molecule has 1 aromatic carbocycles. The molecule has 1 fully saturated rings. The largest absolute Gasteiger partial charge is 0.350 e. The minimum atomic E-state index is -0.160. The van der Waals surface area contributed by atoms with Crippen molar-refractivity contribution in [2.45, 2.75) is 26.3 Å². The molecule has 0 atom stereocenters. The van der Waals surface area contributed by atoms with Gasteiger partial charge in [-0.25, -0.2) is 0 Å². The number of carbonyl (C=O) groups excluding carboxylic acids is 1. The second-order valence-electron chi connectivity index (χ2n) is 6.54. The van der Waals surface area contributed by atoms with E-state index >= 15 is 0 Å². The molecule has 0 unspecified atom stereocenters. The summed E-state index contributed by atoms with van der Waals surface area (Å²) in [5.74, 6) is -0.160. The van der Waals surface area contributed by atoms with Gasteiger partial charge in [-0.15, -0.1) is 0 Å². The van der Waals surface area contributed by atoms with Gasteiger partial charge in [0.25, 0.3) is 5.91 Å². The standard InChI is InChI=1S/C17H25Cl2N3O/c1-4-21-7-9-22(10-8-21)17(2,3)12-20-16(23)14-6-5-13(18)11-15(14)19/h5-6,11H,4,7-10,12H2,1-3H3,(H,20,23). The van der Waals surface area contributed by atoms with Crippen LogP contribution in [0.4, 0.5) is 0 Å². The van der Waals surface area contributed by atoms with Crippen molar-refractivity contribution in [2.24, 2.45) is 0 Å². The summed E-state index contributed by atoms with van der Waals surface area (Å²) in [5.41, 5.74) is 0.372. The summed E-state index contributed by atoms with van der Waals surface area (Å²) in [4.78, 5) is 17.2. The highest BCUT2D eigenvalue weighted by Crippen LogP contribution is 2.21. The van der Waals surface area contributed by atoms with E-state index in [0.29, 0.717) is 22.2 Å². The van der Waals surface area contributed by atoms with E-state index in [-0.39, 0.29) is 11.4 Å². The first-order valence-corrected chi connectivity index (χ1v) is 8.80. The SMILES string of the molecule is CCN1CCN(C(C)(C)CNC(=O)c2ccc(Cl)cc2Cl)CC1. The second-order valence-corrected chi connectivity index (χ2v) is 7.38. The lowest BCUT2D eigenvalue weighted by atomic mass is 10.0. The molecule has 1 amide bonds. The molecule has 1 saturated heterocycles. The van der Waals surface area contributed by atoms with Crippen molar-refractivity contribution in [3.63, 3.8) is 0 Å². The zero-order valence-electron chi connectivity index (χ0n) is 14.0. The smallest absolute Gasteiger partial charge is 0.252 e. The predicted molar refractivity (Wildman–Crippen MR) is 96.6 cm³/mol. The van der Waals surface area contributed by atoms with E-state index in [2.05, 4.69) is 35.9 Å². The zero-order chi connectivity index (χ0) is 17.0. The minimum absolute atomic E-state index is 0.0889. The van der Waals surface area contributed by atoms with Crippen molar-refractivity contribution in [1.29, 1.82) is 0 Å². The molecule has 1 aliphatic rings. The predicted octanol–water partition coefficient (Wildman–Crippen LogP) is 3.14. The quantitative estimate of drug-likeness (QED) is 0.879. The zero-order valence-corrected chi connectivity index (χ0v) is 15.5. The Morgan fingerprint density at radius 1 is 1.22 bits per heavy atom. The maximum atomic E-state index is 12.3. The van der Waals surface area contributed by atoms with Gasteiger partial charge in [-0.1, -0.05) is 30.1 Å². The van der Waals surface area contributed by atoms with Crippen LogP contribution in [0, 0.1) is 0 Å². The molecule has 0 aliphatic carbocycles. The Bertz CT molecular complexity index is 555. The Hall–Kier alpha value is -0.810. The summed E-state index contributed by atoms with van der Waals surface area (Å²) in [7, 11) is 0. The lowest BCUT2D eigenvalue weighted by Gasteiger charge is -2.44. The molecule has 4 nitrogen and oxygen atoms in total. The van der Waals surface area contributed by atoms with E-state index < -0.39 is 0 Å². The number of likely N-dealkylation sites (N-methyl/N-ethyl adjacent to an activating group) is 1. The van der Waals surface area contributed by atoms with Gasteiger partial charge in [-0.05, 0) is 38.6 Å². The van der Waals surface area contributed by atoms with Crippen molar-refractivity contribution in [3.8, 4) is 0 Å². The van der Waals surface area contributed by atoms with E-state index in [1.807, 2.05) is 0 Å². The molecule has 1 heterocycles. The third kappa shape index (κ3) is 4.83. The number of amides is 1. The molecule has 23 heavy (non-hydrogen) atoms. The van der Waals surface area contributed by atoms with Gasteiger partial charge in [0.15, 0.2) is 0 Å². The van der Waals surface area contributed by atoms with E-state index in [9.17, 15) is 4.79 Å². The van der Waals surface area contributed by atoms with Crippen LogP contribution in [0.25, 0.3) is 0 Å². The molecular formula is C17H25Cl2N3O. The van der Waals surface area contributed by atoms with Crippen LogP contribution < -0.4 is 5.32 Å². The van der Waals surface area contributed by atoms with E-state index in [0.717, 1.165) is 32.7 Å². The monoisotopic (exact) mass is 357 g/mol. The van der Waals surface area contributed by atoms with Crippen LogP contribution in [0.15, 0.2) is 18.2 Å². The first-order chi connectivity index (χ1) is 10.8. The number of piperazine rings is 1. The lowest BCUT2D eigenvalue weighted by molar-refractivity contribution is 0.0521. The normalized spacial score (nSPS) is 17.3. The summed E-state index contributed by atoms with van der Waals surface area (Å²) in [5, 5.41) is 3.91. The Morgan fingerprint density at radius 2 is 1.87 bits per heavy atom. The minimum Gasteiger partial charge on any atom is -0.350 e. The van der Waals surface area contributed by atoms with Gasteiger partial charge in [0.05, 0.1) is 10.6 Å². The topological polar surface area (TPSA) is 35.6 Å². The maximum absolute atomic E-state index is 12.3. The summed E-state index contributed by atoms with van der Waals surface area (Å²) in [6.45, 7) is 12.4. The third-order valence-electron chi connectivity index (χ3n) is 4.53. The van der Waals surface area contributed by atoms with Crippen molar-refractivity contribution >= 4 is 29.1 Å². The van der Waals surface area contributed by atoms with Gasteiger partial charge in [0.2, 0.25) is 0 Å².